The summed E-state index contributed by atoms with van der Waals surface area (Å²) in [6.07, 6.45) is 8.89. The second-order valence-electron chi connectivity index (χ2n) is 10.0. The molecule has 5 aromatic heterocycles. The highest BCUT2D eigenvalue weighted by Gasteiger charge is 2.30. The molecule has 0 amide bonds. The Balaban J connectivity index is 1.08. The maximum Gasteiger partial charge on any atom is 0.225 e. The summed E-state index contributed by atoms with van der Waals surface area (Å²) >= 11 is 0. The fourth-order valence-corrected chi connectivity index (χ4v) is 5.53. The van der Waals surface area contributed by atoms with Gasteiger partial charge in [0.2, 0.25) is 17.7 Å². The SMILES string of the molecule is N#Cc1cc2c(nc(N)n3nc(-c4ccccn4)nc23)n1CCN1CCN(C2C=C(c3ncco3)C=CC2F)CC1. The summed E-state index contributed by atoms with van der Waals surface area (Å²) in [6, 6.07) is 9.21. The van der Waals surface area contributed by atoms with Gasteiger partial charge in [-0.15, -0.1) is 5.10 Å². The summed E-state index contributed by atoms with van der Waals surface area (Å²) in [7, 11) is 0. The van der Waals surface area contributed by atoms with Crippen LogP contribution >= 0.6 is 0 Å². The van der Waals surface area contributed by atoms with E-state index < -0.39 is 6.17 Å². The van der Waals surface area contributed by atoms with Gasteiger partial charge >= 0.3 is 0 Å². The summed E-state index contributed by atoms with van der Waals surface area (Å²) in [5.74, 6) is 1.11. The monoisotopic (exact) mass is 551 g/mol. The number of anilines is 1. The number of nitrogens with two attached hydrogens (primary N) is 1. The second kappa shape index (κ2) is 10.2. The fraction of sp³-hybridized carbons (Fsp3) is 0.286. The van der Waals surface area contributed by atoms with Gasteiger partial charge in [-0.1, -0.05) is 18.2 Å². The molecule has 206 valence electrons. The highest BCUT2D eigenvalue weighted by atomic mass is 19.1. The van der Waals surface area contributed by atoms with E-state index in [0.29, 0.717) is 66.0 Å². The standard InChI is InChI=1S/C28H26FN11O/c29-21-5-4-18(27-33-7-14-41-27)15-23(21)38-11-8-37(9-12-38)10-13-39-19(17-30)16-20-25(39)35-28(31)40-26(20)34-24(36-40)22-3-1-2-6-32-22/h1-7,14-16,21,23H,8-13H2,(H2,31,35). The third kappa shape index (κ3) is 4.52. The van der Waals surface area contributed by atoms with Gasteiger partial charge in [-0.25, -0.2) is 14.4 Å². The van der Waals surface area contributed by atoms with Crippen molar-refractivity contribution >= 4 is 28.2 Å². The number of nitriles is 1. The molecule has 0 bridgehead atoms. The van der Waals surface area contributed by atoms with Gasteiger partial charge in [-0.2, -0.15) is 14.8 Å². The molecule has 5 aromatic rings. The smallest absolute Gasteiger partial charge is 0.225 e. The van der Waals surface area contributed by atoms with Gasteiger partial charge in [-0.05, 0) is 24.3 Å². The molecular weight excluding hydrogens is 525 g/mol. The highest BCUT2D eigenvalue weighted by molar-refractivity contribution is 5.92. The molecular formula is C28H26FN11O. The lowest BCUT2D eigenvalue weighted by molar-refractivity contribution is 0.0854. The molecule has 41 heavy (non-hydrogen) atoms. The number of hydrogen-bond donors (Lipinski definition) is 1. The van der Waals surface area contributed by atoms with Crippen LogP contribution in [-0.2, 0) is 6.54 Å². The van der Waals surface area contributed by atoms with Gasteiger partial charge in [0.05, 0.1) is 17.6 Å². The van der Waals surface area contributed by atoms with Crippen molar-refractivity contribution < 1.29 is 8.81 Å². The number of nitrogen functional groups attached to an aromatic ring is 1. The van der Waals surface area contributed by atoms with Gasteiger partial charge < -0.3 is 14.7 Å². The number of fused-ring (bicyclic) bond motifs is 3. The Kier molecular flexibility index (Phi) is 6.26. The fourth-order valence-electron chi connectivity index (χ4n) is 5.53. The molecule has 0 radical (unpaired) electrons. The molecule has 0 spiro atoms. The first kappa shape index (κ1) is 25.1. The Morgan fingerprint density at radius 2 is 1.95 bits per heavy atom. The Labute approximate surface area is 233 Å². The molecule has 12 nitrogen and oxygen atoms in total. The molecule has 2 unspecified atom stereocenters. The number of hydrogen-bond acceptors (Lipinski definition) is 10. The molecule has 0 aromatic carbocycles. The Hall–Kier alpha value is -4.93. The molecule has 1 saturated heterocycles. The van der Waals surface area contributed by atoms with E-state index in [1.807, 2.05) is 28.8 Å². The van der Waals surface area contributed by atoms with E-state index in [-0.39, 0.29) is 12.0 Å². The third-order valence-corrected chi connectivity index (χ3v) is 7.65. The number of halogens is 1. The average molecular weight is 552 g/mol. The first-order chi connectivity index (χ1) is 20.1. The van der Waals surface area contributed by atoms with Crippen LogP contribution in [0.5, 0.6) is 0 Å². The Bertz CT molecular complexity index is 1810. The lowest BCUT2D eigenvalue weighted by Crippen LogP contribution is -2.52. The number of aromatic nitrogens is 7. The number of nitrogens with zero attached hydrogens (tertiary/aromatic N) is 10. The molecule has 2 atom stereocenters. The van der Waals surface area contributed by atoms with Crippen molar-refractivity contribution in [1.82, 2.24) is 43.9 Å². The summed E-state index contributed by atoms with van der Waals surface area (Å²) in [5.41, 5.74) is 9.27. The van der Waals surface area contributed by atoms with E-state index >= 15 is 0 Å². The van der Waals surface area contributed by atoms with Gasteiger partial charge in [-0.3, -0.25) is 14.8 Å². The van der Waals surface area contributed by atoms with E-state index in [1.54, 1.807) is 30.6 Å². The number of alkyl halides is 1. The van der Waals surface area contributed by atoms with Crippen molar-refractivity contribution in [2.45, 2.75) is 18.8 Å². The minimum absolute atomic E-state index is 0.180. The zero-order valence-electron chi connectivity index (χ0n) is 22.0. The van der Waals surface area contributed by atoms with E-state index in [4.69, 9.17) is 10.2 Å². The first-order valence-corrected chi connectivity index (χ1v) is 13.4. The summed E-state index contributed by atoms with van der Waals surface area (Å²) < 4.78 is 23.6. The molecule has 0 saturated carbocycles. The van der Waals surface area contributed by atoms with Crippen LogP contribution in [0.3, 0.4) is 0 Å². The van der Waals surface area contributed by atoms with Crippen molar-refractivity contribution in [1.29, 1.82) is 5.26 Å². The largest absolute Gasteiger partial charge is 0.445 e. The van der Waals surface area contributed by atoms with Gasteiger partial charge in [0.1, 0.15) is 35.5 Å². The quantitative estimate of drug-likeness (QED) is 0.334. The zero-order chi connectivity index (χ0) is 27.9. The number of oxazole rings is 1. The predicted octanol–water partition coefficient (Wildman–Crippen LogP) is 2.56. The molecule has 1 fully saturated rings. The van der Waals surface area contributed by atoms with Crippen LogP contribution in [0.4, 0.5) is 10.3 Å². The maximum atomic E-state index is 14.8. The predicted molar refractivity (Wildman–Crippen MR) is 149 cm³/mol. The van der Waals surface area contributed by atoms with Crippen LogP contribution in [0.25, 0.3) is 33.8 Å². The molecule has 2 aliphatic rings. The average Bonchev–Trinajstić information content (AvgIpc) is 3.77. The summed E-state index contributed by atoms with van der Waals surface area (Å²) in [5, 5.41) is 15.1. The topological polar surface area (TPSA) is 143 Å². The minimum atomic E-state index is -1.09. The number of pyridine rings is 1. The number of rotatable bonds is 6. The van der Waals surface area contributed by atoms with Crippen LogP contribution in [0.1, 0.15) is 11.6 Å². The van der Waals surface area contributed by atoms with E-state index in [9.17, 15) is 9.65 Å². The third-order valence-electron chi connectivity index (χ3n) is 7.65. The van der Waals surface area contributed by atoms with E-state index in [1.165, 1.54) is 10.8 Å². The van der Waals surface area contributed by atoms with Crippen LogP contribution in [-0.4, -0.2) is 88.9 Å². The van der Waals surface area contributed by atoms with Crippen molar-refractivity contribution in [3.63, 3.8) is 0 Å². The van der Waals surface area contributed by atoms with Crippen LogP contribution < -0.4 is 5.73 Å². The van der Waals surface area contributed by atoms with Crippen LogP contribution in [0, 0.1) is 11.3 Å². The minimum Gasteiger partial charge on any atom is -0.445 e. The molecule has 1 aliphatic heterocycles. The van der Waals surface area contributed by atoms with Gasteiger partial charge in [0, 0.05) is 51.0 Å². The van der Waals surface area contributed by atoms with E-state index in [0.717, 1.165) is 18.7 Å². The number of piperazine rings is 1. The molecule has 13 heteroatoms. The second-order valence-corrected chi connectivity index (χ2v) is 10.0. The van der Waals surface area contributed by atoms with E-state index in [2.05, 4.69) is 40.9 Å². The van der Waals surface area contributed by atoms with Crippen LogP contribution in [0.15, 0.2) is 65.6 Å². The molecule has 7 rings (SSSR count). The lowest BCUT2D eigenvalue weighted by atomic mass is 9.99. The number of allylic oxidation sites excluding steroid dienone is 2. The normalized spacial score (nSPS) is 20.0. The van der Waals surface area contributed by atoms with Crippen molar-refractivity contribution in [2.75, 3.05) is 38.5 Å². The zero-order valence-corrected chi connectivity index (χ0v) is 22.0. The van der Waals surface area contributed by atoms with Crippen LogP contribution in [0.2, 0.25) is 0 Å². The summed E-state index contributed by atoms with van der Waals surface area (Å²) in [4.78, 5) is 22.2. The van der Waals surface area contributed by atoms with Crippen molar-refractivity contribution in [2.24, 2.45) is 0 Å². The first-order valence-electron chi connectivity index (χ1n) is 13.4. The maximum absolute atomic E-state index is 14.8. The summed E-state index contributed by atoms with van der Waals surface area (Å²) in [6.45, 7) is 4.22. The Morgan fingerprint density at radius 3 is 2.71 bits per heavy atom. The molecule has 2 N–H and O–H groups in total. The van der Waals surface area contributed by atoms with Crippen molar-refractivity contribution in [3.8, 4) is 17.6 Å². The highest BCUT2D eigenvalue weighted by Crippen LogP contribution is 2.27. The Morgan fingerprint density at radius 1 is 1.07 bits per heavy atom. The van der Waals surface area contributed by atoms with Gasteiger partial charge in [0.15, 0.2) is 5.65 Å². The molecule has 1 aliphatic carbocycles. The lowest BCUT2D eigenvalue weighted by Gasteiger charge is -2.39. The molecule has 6 heterocycles. The van der Waals surface area contributed by atoms with Gasteiger partial charge in [0.25, 0.3) is 0 Å². The van der Waals surface area contributed by atoms with Crippen molar-refractivity contribution in [3.05, 3.63) is 72.7 Å².